The highest BCUT2D eigenvalue weighted by molar-refractivity contribution is 7.98. The first-order valence-corrected chi connectivity index (χ1v) is 9.80. The maximum absolute atomic E-state index is 12.1. The molecule has 0 amide bonds. The Balaban J connectivity index is 1.96. The topological polar surface area (TPSA) is 88.0 Å². The molecule has 0 saturated carbocycles. The van der Waals surface area contributed by atoms with Gasteiger partial charge in [0.25, 0.3) is 5.56 Å². The summed E-state index contributed by atoms with van der Waals surface area (Å²) in [5.41, 5.74) is 1.20. The van der Waals surface area contributed by atoms with E-state index in [0.29, 0.717) is 32.9 Å². The molecule has 0 saturated heterocycles. The van der Waals surface area contributed by atoms with E-state index in [-0.39, 0.29) is 12.2 Å². The molecule has 6 nitrogen and oxygen atoms in total. The minimum atomic E-state index is -0.477. The molecule has 0 radical (unpaired) electrons. The molecule has 2 aromatic carbocycles. The summed E-state index contributed by atoms with van der Waals surface area (Å²) in [5, 5.41) is 10.4. The zero-order valence-corrected chi connectivity index (χ0v) is 16.7. The number of halogens is 1. The SMILES string of the molecule is COc1cc(-c2nc(SC)[nH]c(=O)c2C#N)ccc1OCc1ccccc1Cl. The van der Waals surface area contributed by atoms with Crippen LogP contribution in [0.4, 0.5) is 0 Å². The second-order valence-electron chi connectivity index (χ2n) is 5.66. The Morgan fingerprint density at radius 1 is 1.25 bits per heavy atom. The fourth-order valence-corrected chi connectivity index (χ4v) is 3.13. The van der Waals surface area contributed by atoms with Crippen LogP contribution in [-0.4, -0.2) is 23.3 Å². The normalized spacial score (nSPS) is 10.4. The highest BCUT2D eigenvalue weighted by Crippen LogP contribution is 2.33. The van der Waals surface area contributed by atoms with Crippen molar-refractivity contribution in [1.82, 2.24) is 9.97 Å². The van der Waals surface area contributed by atoms with Crippen molar-refractivity contribution in [2.45, 2.75) is 11.8 Å². The summed E-state index contributed by atoms with van der Waals surface area (Å²) in [4.78, 5) is 19.1. The first-order chi connectivity index (χ1) is 13.6. The molecule has 0 atom stereocenters. The van der Waals surface area contributed by atoms with Gasteiger partial charge in [-0.15, -0.1) is 0 Å². The second kappa shape index (κ2) is 8.83. The molecule has 1 aromatic heterocycles. The van der Waals surface area contributed by atoms with Crippen LogP contribution in [0.15, 0.2) is 52.4 Å². The van der Waals surface area contributed by atoms with Gasteiger partial charge >= 0.3 is 0 Å². The van der Waals surface area contributed by atoms with Gasteiger partial charge in [0.15, 0.2) is 16.7 Å². The molecule has 0 fully saturated rings. The van der Waals surface area contributed by atoms with Gasteiger partial charge in [-0.2, -0.15) is 5.26 Å². The van der Waals surface area contributed by atoms with Gasteiger partial charge in [-0.25, -0.2) is 4.98 Å². The highest BCUT2D eigenvalue weighted by Gasteiger charge is 2.16. The molecule has 1 heterocycles. The van der Waals surface area contributed by atoms with Gasteiger partial charge in [0.1, 0.15) is 18.2 Å². The Morgan fingerprint density at radius 2 is 2.04 bits per heavy atom. The molecular formula is C20H16ClN3O3S. The number of nitrogens with zero attached hydrogens (tertiary/aromatic N) is 2. The Labute approximate surface area is 171 Å². The van der Waals surface area contributed by atoms with E-state index in [0.717, 1.165) is 5.56 Å². The van der Waals surface area contributed by atoms with Gasteiger partial charge in [-0.3, -0.25) is 4.79 Å². The van der Waals surface area contributed by atoms with Gasteiger partial charge in [-0.05, 0) is 30.5 Å². The summed E-state index contributed by atoms with van der Waals surface area (Å²) < 4.78 is 11.3. The molecule has 0 aliphatic rings. The molecular weight excluding hydrogens is 398 g/mol. The number of benzene rings is 2. The van der Waals surface area contributed by atoms with Crippen LogP contribution in [0.2, 0.25) is 5.02 Å². The summed E-state index contributed by atoms with van der Waals surface area (Å²) in [5.74, 6) is 0.973. The number of hydrogen-bond donors (Lipinski definition) is 1. The highest BCUT2D eigenvalue weighted by atomic mass is 35.5. The molecule has 0 aliphatic carbocycles. The number of nitrogens with one attached hydrogen (secondary N) is 1. The number of aromatic nitrogens is 2. The second-order valence-corrected chi connectivity index (χ2v) is 6.86. The summed E-state index contributed by atoms with van der Waals surface area (Å²) in [6, 6.07) is 14.5. The monoisotopic (exact) mass is 413 g/mol. The van der Waals surface area contributed by atoms with Gasteiger partial charge in [0.05, 0.1) is 12.8 Å². The summed E-state index contributed by atoms with van der Waals surface area (Å²) in [7, 11) is 1.52. The van der Waals surface area contributed by atoms with Crippen molar-refractivity contribution in [2.75, 3.05) is 13.4 Å². The van der Waals surface area contributed by atoms with Crippen LogP contribution >= 0.6 is 23.4 Å². The van der Waals surface area contributed by atoms with Crippen LogP contribution in [0, 0.1) is 11.3 Å². The lowest BCUT2D eigenvalue weighted by atomic mass is 10.1. The smallest absolute Gasteiger partial charge is 0.270 e. The Morgan fingerprint density at radius 3 is 2.71 bits per heavy atom. The lowest BCUT2D eigenvalue weighted by Crippen LogP contribution is -2.14. The van der Waals surface area contributed by atoms with E-state index in [1.165, 1.54) is 18.9 Å². The molecule has 3 rings (SSSR count). The van der Waals surface area contributed by atoms with Crippen LogP contribution in [0.25, 0.3) is 11.3 Å². The van der Waals surface area contributed by atoms with Crippen molar-refractivity contribution in [3.63, 3.8) is 0 Å². The van der Waals surface area contributed by atoms with Crippen molar-refractivity contribution < 1.29 is 9.47 Å². The van der Waals surface area contributed by atoms with E-state index in [4.69, 9.17) is 21.1 Å². The number of nitriles is 1. The Bertz CT molecular complexity index is 1110. The van der Waals surface area contributed by atoms with E-state index in [9.17, 15) is 10.1 Å². The minimum absolute atomic E-state index is 0.0513. The van der Waals surface area contributed by atoms with E-state index < -0.39 is 5.56 Å². The number of methoxy groups -OCH3 is 1. The number of ether oxygens (including phenoxy) is 2. The Kier molecular flexibility index (Phi) is 6.24. The number of rotatable bonds is 6. The van der Waals surface area contributed by atoms with Crippen LogP contribution < -0.4 is 15.0 Å². The zero-order chi connectivity index (χ0) is 20.1. The molecule has 8 heteroatoms. The summed E-state index contributed by atoms with van der Waals surface area (Å²) >= 11 is 7.45. The van der Waals surface area contributed by atoms with Crippen molar-refractivity contribution in [3.8, 4) is 28.8 Å². The summed E-state index contributed by atoms with van der Waals surface area (Å²) in [6.45, 7) is 0.276. The Hall–Kier alpha value is -2.95. The lowest BCUT2D eigenvalue weighted by Gasteiger charge is -2.13. The number of hydrogen-bond acceptors (Lipinski definition) is 6. The molecule has 28 heavy (non-hydrogen) atoms. The average molecular weight is 414 g/mol. The minimum Gasteiger partial charge on any atom is -0.493 e. The number of thioether (sulfide) groups is 1. The molecule has 0 spiro atoms. The zero-order valence-electron chi connectivity index (χ0n) is 15.2. The predicted octanol–water partition coefficient (Wildman–Crippen LogP) is 4.27. The molecule has 142 valence electrons. The molecule has 0 bridgehead atoms. The van der Waals surface area contributed by atoms with E-state index >= 15 is 0 Å². The molecule has 3 aromatic rings. The van der Waals surface area contributed by atoms with E-state index in [1.54, 1.807) is 30.5 Å². The van der Waals surface area contributed by atoms with Crippen LogP contribution in [0.3, 0.4) is 0 Å². The first kappa shape index (κ1) is 19.8. The van der Waals surface area contributed by atoms with Crippen molar-refractivity contribution in [3.05, 3.63) is 69.0 Å². The molecule has 0 unspecified atom stereocenters. The fourth-order valence-electron chi connectivity index (χ4n) is 2.57. The maximum atomic E-state index is 12.1. The molecule has 0 aliphatic heterocycles. The van der Waals surface area contributed by atoms with Gasteiger partial charge in [0.2, 0.25) is 0 Å². The quantitative estimate of drug-likeness (QED) is 0.479. The third-order valence-corrected chi connectivity index (χ3v) is 4.93. The predicted molar refractivity (Wildman–Crippen MR) is 109 cm³/mol. The van der Waals surface area contributed by atoms with Gasteiger partial charge in [-0.1, -0.05) is 41.6 Å². The van der Waals surface area contributed by atoms with Gasteiger partial charge < -0.3 is 14.5 Å². The van der Waals surface area contributed by atoms with E-state index in [1.807, 2.05) is 24.3 Å². The maximum Gasteiger partial charge on any atom is 0.270 e. The van der Waals surface area contributed by atoms with Crippen molar-refractivity contribution in [1.29, 1.82) is 5.26 Å². The van der Waals surface area contributed by atoms with Crippen molar-refractivity contribution >= 4 is 23.4 Å². The standard InChI is InChI=1S/C20H16ClN3O3S/c1-26-17-9-12(18-14(10-22)19(25)24-20(23-18)28-2)7-8-16(17)27-11-13-5-3-4-6-15(13)21/h3-9H,11H2,1-2H3,(H,23,24,25). The van der Waals surface area contributed by atoms with Gasteiger partial charge in [0, 0.05) is 16.1 Å². The number of H-pyrrole nitrogens is 1. The van der Waals surface area contributed by atoms with Crippen LogP contribution in [0.5, 0.6) is 11.5 Å². The van der Waals surface area contributed by atoms with Crippen LogP contribution in [0.1, 0.15) is 11.1 Å². The van der Waals surface area contributed by atoms with E-state index in [2.05, 4.69) is 9.97 Å². The third kappa shape index (κ3) is 4.14. The average Bonchev–Trinajstić information content (AvgIpc) is 2.72. The van der Waals surface area contributed by atoms with Crippen LogP contribution in [-0.2, 0) is 6.61 Å². The third-order valence-electron chi connectivity index (χ3n) is 3.98. The fraction of sp³-hybridized carbons (Fsp3) is 0.150. The van der Waals surface area contributed by atoms with Crippen molar-refractivity contribution in [2.24, 2.45) is 0 Å². The lowest BCUT2D eigenvalue weighted by molar-refractivity contribution is 0.284. The summed E-state index contributed by atoms with van der Waals surface area (Å²) in [6.07, 6.45) is 1.79. The largest absolute Gasteiger partial charge is 0.493 e. The molecule has 1 N–H and O–H groups in total. The first-order valence-electron chi connectivity index (χ1n) is 8.20. The number of aromatic amines is 1.